The van der Waals surface area contributed by atoms with Gasteiger partial charge in [-0.1, -0.05) is 38.3 Å². The molecule has 0 aliphatic carbocycles. The molecule has 0 aromatic carbocycles. The van der Waals surface area contributed by atoms with Gasteiger partial charge in [-0.05, 0) is 43.6 Å². The van der Waals surface area contributed by atoms with Crippen molar-refractivity contribution < 1.29 is 0 Å². The van der Waals surface area contributed by atoms with E-state index in [-0.39, 0.29) is 0 Å². The Morgan fingerprint density at radius 2 is 1.82 bits per heavy atom. The van der Waals surface area contributed by atoms with Gasteiger partial charge in [-0.2, -0.15) is 0 Å². The number of aromatic nitrogens is 1. The second-order valence-electron chi connectivity index (χ2n) is 4.47. The van der Waals surface area contributed by atoms with Crippen LogP contribution in [-0.4, -0.2) is 23.0 Å². The minimum atomic E-state index is 0.591. The Morgan fingerprint density at radius 1 is 1.18 bits per heavy atom. The zero-order chi connectivity index (χ0) is 12.5. The first-order valence-corrected chi connectivity index (χ1v) is 6.96. The second-order valence-corrected chi connectivity index (χ2v) is 4.86. The molecule has 0 atom stereocenters. The summed E-state index contributed by atoms with van der Waals surface area (Å²) in [6.45, 7) is 7.82. The summed E-state index contributed by atoms with van der Waals surface area (Å²) in [4.78, 5) is 6.53. The molecule has 1 rings (SSSR count). The van der Waals surface area contributed by atoms with Crippen LogP contribution < -0.4 is 0 Å². The minimum absolute atomic E-state index is 0.591. The standard InChI is InChI=1S/C14H23ClN2/c1-3-5-9-17(10-6-4-2)12-13-7-8-16-14(15)11-13/h7-8,11H,3-6,9-10,12H2,1-2H3. The predicted molar refractivity (Wildman–Crippen MR) is 74.3 cm³/mol. The molecule has 0 saturated carbocycles. The van der Waals surface area contributed by atoms with E-state index < -0.39 is 0 Å². The molecular weight excluding hydrogens is 232 g/mol. The molecule has 0 aliphatic rings. The largest absolute Gasteiger partial charge is 0.299 e. The van der Waals surface area contributed by atoms with Crippen LogP contribution >= 0.6 is 11.6 Å². The first-order chi connectivity index (χ1) is 8.26. The Labute approximate surface area is 110 Å². The van der Waals surface area contributed by atoms with Crippen molar-refractivity contribution in [1.29, 1.82) is 0 Å². The molecule has 0 N–H and O–H groups in total. The topological polar surface area (TPSA) is 16.1 Å². The highest BCUT2D eigenvalue weighted by molar-refractivity contribution is 6.29. The fourth-order valence-electron chi connectivity index (χ4n) is 1.83. The molecular formula is C14H23ClN2. The first kappa shape index (κ1) is 14.5. The molecule has 3 heteroatoms. The van der Waals surface area contributed by atoms with Crippen molar-refractivity contribution in [2.45, 2.75) is 46.1 Å². The number of nitrogens with zero attached hydrogens (tertiary/aromatic N) is 2. The molecule has 96 valence electrons. The molecule has 0 amide bonds. The monoisotopic (exact) mass is 254 g/mol. The highest BCUT2D eigenvalue weighted by atomic mass is 35.5. The number of halogens is 1. The van der Waals surface area contributed by atoms with Gasteiger partial charge in [-0.25, -0.2) is 4.98 Å². The number of unbranched alkanes of at least 4 members (excludes halogenated alkanes) is 2. The van der Waals surface area contributed by atoms with Gasteiger partial charge in [0, 0.05) is 12.7 Å². The molecule has 0 radical (unpaired) electrons. The SMILES string of the molecule is CCCCN(CCCC)Cc1ccnc(Cl)c1. The van der Waals surface area contributed by atoms with E-state index in [4.69, 9.17) is 11.6 Å². The third-order valence-electron chi connectivity index (χ3n) is 2.85. The van der Waals surface area contributed by atoms with E-state index in [0.29, 0.717) is 5.15 Å². The van der Waals surface area contributed by atoms with Crippen LogP contribution in [0.2, 0.25) is 5.15 Å². The lowest BCUT2D eigenvalue weighted by atomic mass is 10.2. The summed E-state index contributed by atoms with van der Waals surface area (Å²) in [5.41, 5.74) is 1.26. The van der Waals surface area contributed by atoms with E-state index in [0.717, 1.165) is 6.54 Å². The lowest BCUT2D eigenvalue weighted by Crippen LogP contribution is -2.25. The molecule has 0 bridgehead atoms. The van der Waals surface area contributed by atoms with E-state index in [1.807, 2.05) is 6.07 Å². The van der Waals surface area contributed by atoms with Crippen molar-refractivity contribution in [1.82, 2.24) is 9.88 Å². The Bertz CT molecular complexity index is 307. The highest BCUT2D eigenvalue weighted by Crippen LogP contribution is 2.11. The van der Waals surface area contributed by atoms with Gasteiger partial charge >= 0.3 is 0 Å². The van der Waals surface area contributed by atoms with Gasteiger partial charge < -0.3 is 0 Å². The zero-order valence-electron chi connectivity index (χ0n) is 11.0. The smallest absolute Gasteiger partial charge is 0.129 e. The summed E-state index contributed by atoms with van der Waals surface area (Å²) < 4.78 is 0. The Hall–Kier alpha value is -0.600. The van der Waals surface area contributed by atoms with Crippen LogP contribution in [0.5, 0.6) is 0 Å². The van der Waals surface area contributed by atoms with Crippen molar-refractivity contribution in [3.05, 3.63) is 29.0 Å². The molecule has 17 heavy (non-hydrogen) atoms. The lowest BCUT2D eigenvalue weighted by molar-refractivity contribution is 0.257. The predicted octanol–water partition coefficient (Wildman–Crippen LogP) is 4.14. The summed E-state index contributed by atoms with van der Waals surface area (Å²) in [6.07, 6.45) is 6.82. The van der Waals surface area contributed by atoms with Gasteiger partial charge in [0.15, 0.2) is 0 Å². The Balaban J connectivity index is 2.51. The van der Waals surface area contributed by atoms with Crippen LogP contribution in [0.4, 0.5) is 0 Å². The average molecular weight is 255 g/mol. The molecule has 1 aromatic rings. The van der Waals surface area contributed by atoms with Gasteiger partial charge in [-0.3, -0.25) is 4.90 Å². The maximum Gasteiger partial charge on any atom is 0.129 e. The second kappa shape index (κ2) is 8.48. The van der Waals surface area contributed by atoms with Crippen molar-refractivity contribution in [2.24, 2.45) is 0 Å². The quantitative estimate of drug-likeness (QED) is 0.649. The first-order valence-electron chi connectivity index (χ1n) is 6.59. The van der Waals surface area contributed by atoms with E-state index in [9.17, 15) is 0 Å². The van der Waals surface area contributed by atoms with E-state index in [2.05, 4.69) is 29.8 Å². The Morgan fingerprint density at radius 3 is 2.35 bits per heavy atom. The minimum Gasteiger partial charge on any atom is -0.299 e. The number of rotatable bonds is 8. The van der Waals surface area contributed by atoms with Crippen LogP contribution in [0.1, 0.15) is 45.1 Å². The third kappa shape index (κ3) is 6.04. The third-order valence-corrected chi connectivity index (χ3v) is 3.06. The van der Waals surface area contributed by atoms with Crippen LogP contribution in [0.3, 0.4) is 0 Å². The lowest BCUT2D eigenvalue weighted by Gasteiger charge is -2.22. The van der Waals surface area contributed by atoms with Crippen LogP contribution in [-0.2, 0) is 6.54 Å². The van der Waals surface area contributed by atoms with Gasteiger partial charge in [0.25, 0.3) is 0 Å². The molecule has 0 fully saturated rings. The maximum atomic E-state index is 5.91. The van der Waals surface area contributed by atoms with Crippen molar-refractivity contribution in [3.8, 4) is 0 Å². The van der Waals surface area contributed by atoms with Crippen molar-refractivity contribution in [3.63, 3.8) is 0 Å². The molecule has 0 spiro atoms. The van der Waals surface area contributed by atoms with Crippen LogP contribution in [0.15, 0.2) is 18.3 Å². The van der Waals surface area contributed by atoms with E-state index in [1.54, 1.807) is 6.20 Å². The van der Waals surface area contributed by atoms with Crippen molar-refractivity contribution in [2.75, 3.05) is 13.1 Å². The molecule has 0 unspecified atom stereocenters. The van der Waals surface area contributed by atoms with Crippen molar-refractivity contribution >= 4 is 11.6 Å². The maximum absolute atomic E-state index is 5.91. The number of hydrogen-bond donors (Lipinski definition) is 0. The van der Waals surface area contributed by atoms with Gasteiger partial charge in [0.05, 0.1) is 0 Å². The summed E-state index contributed by atoms with van der Waals surface area (Å²) in [7, 11) is 0. The van der Waals surface area contributed by atoms with Gasteiger partial charge in [-0.15, -0.1) is 0 Å². The number of hydrogen-bond acceptors (Lipinski definition) is 2. The fourth-order valence-corrected chi connectivity index (χ4v) is 2.03. The summed E-state index contributed by atoms with van der Waals surface area (Å²) >= 11 is 5.91. The van der Waals surface area contributed by atoms with Crippen LogP contribution in [0.25, 0.3) is 0 Å². The normalized spacial score (nSPS) is 11.1. The summed E-state index contributed by atoms with van der Waals surface area (Å²) in [5.74, 6) is 0. The molecule has 1 aromatic heterocycles. The molecule has 0 aliphatic heterocycles. The van der Waals surface area contributed by atoms with E-state index in [1.165, 1.54) is 44.3 Å². The van der Waals surface area contributed by atoms with E-state index >= 15 is 0 Å². The van der Waals surface area contributed by atoms with Gasteiger partial charge in [0.2, 0.25) is 0 Å². The summed E-state index contributed by atoms with van der Waals surface area (Å²) in [5, 5.41) is 0.591. The summed E-state index contributed by atoms with van der Waals surface area (Å²) in [6, 6.07) is 4.02. The molecule has 2 nitrogen and oxygen atoms in total. The fraction of sp³-hybridized carbons (Fsp3) is 0.643. The average Bonchev–Trinajstić information content (AvgIpc) is 2.32. The highest BCUT2D eigenvalue weighted by Gasteiger charge is 2.05. The number of pyridine rings is 1. The Kier molecular flexibility index (Phi) is 7.22. The van der Waals surface area contributed by atoms with Gasteiger partial charge in [0.1, 0.15) is 5.15 Å². The molecule has 0 saturated heterocycles. The zero-order valence-corrected chi connectivity index (χ0v) is 11.7. The van der Waals surface area contributed by atoms with Crippen LogP contribution in [0, 0.1) is 0 Å². The molecule has 1 heterocycles.